The Morgan fingerprint density at radius 2 is 1.56 bits per heavy atom. The van der Waals surface area contributed by atoms with Gasteiger partial charge in [-0.05, 0) is 31.1 Å². The minimum absolute atomic E-state index is 0.257. The molecule has 25 heavy (non-hydrogen) atoms. The van der Waals surface area contributed by atoms with E-state index in [1.165, 1.54) is 0 Å². The molecule has 3 atom stereocenters. The maximum Gasteiger partial charge on any atom is 0.176 e. The Morgan fingerprint density at radius 3 is 2.00 bits per heavy atom. The lowest BCUT2D eigenvalue weighted by atomic mass is 9.78. The highest BCUT2D eigenvalue weighted by Crippen LogP contribution is 2.44. The summed E-state index contributed by atoms with van der Waals surface area (Å²) >= 11 is 0. The van der Waals surface area contributed by atoms with Crippen LogP contribution in [-0.4, -0.2) is 38.6 Å². The zero-order valence-corrected chi connectivity index (χ0v) is 16.4. The standard InChI is InChI=1S/C20H34O5/c1-11(2)7-9-14-18(23)16(17(22)13(5)6)19(24)20(14,25)15(21)10-8-12(3)4/h11-15,21,24-25H,7-10H2,1-6H3/t14-,15+,20+/m0/s1. The number of allylic oxidation sites excluding steroid dienone is 1. The first-order valence-corrected chi connectivity index (χ1v) is 9.37. The van der Waals surface area contributed by atoms with Gasteiger partial charge >= 0.3 is 0 Å². The van der Waals surface area contributed by atoms with Crippen molar-refractivity contribution in [2.24, 2.45) is 23.7 Å². The normalized spacial score (nSPS) is 25.6. The Bertz CT molecular complexity index is 532. The molecule has 0 bridgehead atoms. The minimum atomic E-state index is -2.07. The molecule has 0 spiro atoms. The Kier molecular flexibility index (Phi) is 7.39. The van der Waals surface area contributed by atoms with Crippen LogP contribution in [0.15, 0.2) is 11.3 Å². The molecule has 144 valence electrons. The molecule has 0 fully saturated rings. The van der Waals surface area contributed by atoms with E-state index >= 15 is 0 Å². The van der Waals surface area contributed by atoms with Crippen LogP contribution in [0.3, 0.4) is 0 Å². The van der Waals surface area contributed by atoms with Crippen molar-refractivity contribution in [1.82, 2.24) is 0 Å². The van der Waals surface area contributed by atoms with Crippen molar-refractivity contribution in [2.45, 2.75) is 78.9 Å². The molecule has 5 nitrogen and oxygen atoms in total. The first-order chi connectivity index (χ1) is 11.4. The van der Waals surface area contributed by atoms with Crippen molar-refractivity contribution in [3.8, 4) is 0 Å². The smallest absolute Gasteiger partial charge is 0.176 e. The van der Waals surface area contributed by atoms with Crippen molar-refractivity contribution in [2.75, 3.05) is 0 Å². The molecule has 0 aromatic rings. The van der Waals surface area contributed by atoms with Gasteiger partial charge in [0.2, 0.25) is 0 Å². The van der Waals surface area contributed by atoms with E-state index in [1.807, 2.05) is 27.7 Å². The number of aliphatic hydroxyl groups excluding tert-OH is 2. The second-order valence-electron chi connectivity index (χ2n) is 8.44. The van der Waals surface area contributed by atoms with E-state index in [2.05, 4.69) is 0 Å². The summed E-state index contributed by atoms with van der Waals surface area (Å²) < 4.78 is 0. The van der Waals surface area contributed by atoms with Gasteiger partial charge in [-0.2, -0.15) is 0 Å². The maximum atomic E-state index is 12.8. The van der Waals surface area contributed by atoms with Crippen LogP contribution in [0.25, 0.3) is 0 Å². The zero-order valence-electron chi connectivity index (χ0n) is 16.4. The van der Waals surface area contributed by atoms with Crippen LogP contribution >= 0.6 is 0 Å². The number of hydrogen-bond donors (Lipinski definition) is 3. The maximum absolute atomic E-state index is 12.8. The summed E-state index contributed by atoms with van der Waals surface area (Å²) in [6.45, 7) is 11.3. The molecule has 0 saturated carbocycles. The molecule has 0 amide bonds. The fourth-order valence-corrected chi connectivity index (χ4v) is 3.34. The molecule has 0 aliphatic heterocycles. The molecule has 0 heterocycles. The Morgan fingerprint density at radius 1 is 1.04 bits per heavy atom. The summed E-state index contributed by atoms with van der Waals surface area (Å²) in [6, 6.07) is 0. The van der Waals surface area contributed by atoms with E-state index in [0.717, 1.165) is 0 Å². The largest absolute Gasteiger partial charge is 0.508 e. The van der Waals surface area contributed by atoms with Crippen LogP contribution in [-0.2, 0) is 9.59 Å². The van der Waals surface area contributed by atoms with E-state index in [1.54, 1.807) is 13.8 Å². The lowest BCUT2D eigenvalue weighted by Crippen LogP contribution is -2.49. The highest BCUT2D eigenvalue weighted by molar-refractivity contribution is 6.24. The predicted molar refractivity (Wildman–Crippen MR) is 97.1 cm³/mol. The van der Waals surface area contributed by atoms with Crippen LogP contribution < -0.4 is 0 Å². The van der Waals surface area contributed by atoms with Crippen molar-refractivity contribution in [3.63, 3.8) is 0 Å². The van der Waals surface area contributed by atoms with E-state index in [4.69, 9.17) is 0 Å². The molecule has 1 aliphatic carbocycles. The number of aliphatic hydroxyl groups is 3. The van der Waals surface area contributed by atoms with Gasteiger partial charge in [0.1, 0.15) is 11.3 Å². The Balaban J connectivity index is 3.27. The van der Waals surface area contributed by atoms with Crippen molar-refractivity contribution in [1.29, 1.82) is 0 Å². The third kappa shape index (κ3) is 4.50. The van der Waals surface area contributed by atoms with Gasteiger partial charge in [0.15, 0.2) is 17.2 Å². The van der Waals surface area contributed by atoms with Crippen LogP contribution in [0.2, 0.25) is 0 Å². The van der Waals surface area contributed by atoms with Gasteiger partial charge in [-0.3, -0.25) is 9.59 Å². The van der Waals surface area contributed by atoms with Crippen molar-refractivity contribution >= 4 is 11.6 Å². The van der Waals surface area contributed by atoms with Crippen molar-refractivity contribution < 1.29 is 24.9 Å². The van der Waals surface area contributed by atoms with Crippen molar-refractivity contribution in [3.05, 3.63) is 11.3 Å². The minimum Gasteiger partial charge on any atom is -0.508 e. The van der Waals surface area contributed by atoms with Crippen LogP contribution in [0.5, 0.6) is 0 Å². The monoisotopic (exact) mass is 354 g/mol. The Hall–Kier alpha value is -1.20. The second-order valence-corrected chi connectivity index (χ2v) is 8.44. The molecule has 3 N–H and O–H groups in total. The topological polar surface area (TPSA) is 94.8 Å². The summed E-state index contributed by atoms with van der Waals surface area (Å²) in [5.41, 5.74) is -2.39. The van der Waals surface area contributed by atoms with Crippen LogP contribution in [0, 0.1) is 23.7 Å². The summed E-state index contributed by atoms with van der Waals surface area (Å²) in [5, 5.41) is 32.4. The molecular formula is C20H34O5. The third-order valence-corrected chi connectivity index (χ3v) is 5.04. The quantitative estimate of drug-likeness (QED) is 0.553. The molecule has 0 aromatic heterocycles. The van der Waals surface area contributed by atoms with E-state index in [-0.39, 0.29) is 12.0 Å². The summed E-state index contributed by atoms with van der Waals surface area (Å²) in [7, 11) is 0. The highest BCUT2D eigenvalue weighted by Gasteiger charge is 2.58. The lowest BCUT2D eigenvalue weighted by Gasteiger charge is -2.34. The Labute approximate surface area is 151 Å². The molecule has 0 radical (unpaired) electrons. The summed E-state index contributed by atoms with van der Waals surface area (Å²) in [4.78, 5) is 25.2. The summed E-state index contributed by atoms with van der Waals surface area (Å²) in [5.74, 6) is -2.49. The molecular weight excluding hydrogens is 320 g/mol. The number of carbonyl (C=O) groups excluding carboxylic acids is 2. The first kappa shape index (κ1) is 21.8. The molecule has 0 aromatic carbocycles. The predicted octanol–water partition coefficient (Wildman–Crippen LogP) is 3.19. The molecule has 5 heteroatoms. The van der Waals surface area contributed by atoms with Crippen LogP contribution in [0.1, 0.15) is 67.2 Å². The summed E-state index contributed by atoms with van der Waals surface area (Å²) in [6.07, 6.45) is 0.604. The van der Waals surface area contributed by atoms with Gasteiger partial charge in [-0.25, -0.2) is 0 Å². The lowest BCUT2D eigenvalue weighted by molar-refractivity contribution is -0.137. The zero-order chi connectivity index (χ0) is 19.5. The number of ketones is 2. The number of hydrogen-bond acceptors (Lipinski definition) is 5. The van der Waals surface area contributed by atoms with Crippen LogP contribution in [0.4, 0.5) is 0 Å². The van der Waals surface area contributed by atoms with Gasteiger partial charge in [0.25, 0.3) is 0 Å². The molecule has 0 unspecified atom stereocenters. The van der Waals surface area contributed by atoms with Gasteiger partial charge in [-0.1, -0.05) is 48.0 Å². The fraction of sp³-hybridized carbons (Fsp3) is 0.800. The SMILES string of the molecule is CC(C)CC[C@@H](O)[C@@]1(O)C(O)=C(C(=O)C(C)C)C(=O)[C@@H]1CCC(C)C. The molecule has 0 saturated heterocycles. The van der Waals surface area contributed by atoms with Gasteiger partial charge in [-0.15, -0.1) is 0 Å². The fourth-order valence-electron chi connectivity index (χ4n) is 3.34. The average Bonchev–Trinajstić information content (AvgIpc) is 2.69. The highest BCUT2D eigenvalue weighted by atomic mass is 16.4. The second kappa shape index (κ2) is 8.45. The number of Topliss-reactive ketones (excluding diaryl/α,β-unsaturated/α-hetero) is 2. The number of carbonyl (C=O) groups is 2. The van der Waals surface area contributed by atoms with E-state index in [9.17, 15) is 24.9 Å². The number of rotatable bonds is 9. The average molecular weight is 354 g/mol. The van der Waals surface area contributed by atoms with Gasteiger partial charge < -0.3 is 15.3 Å². The molecule has 1 rings (SSSR count). The first-order valence-electron chi connectivity index (χ1n) is 9.37. The third-order valence-electron chi connectivity index (χ3n) is 5.04. The van der Waals surface area contributed by atoms with E-state index < -0.39 is 40.9 Å². The van der Waals surface area contributed by atoms with Gasteiger partial charge in [0.05, 0.1) is 12.0 Å². The molecule has 1 aliphatic rings. The van der Waals surface area contributed by atoms with E-state index in [0.29, 0.717) is 31.1 Å². The van der Waals surface area contributed by atoms with Gasteiger partial charge in [0, 0.05) is 5.92 Å².